The van der Waals surface area contributed by atoms with E-state index in [0.29, 0.717) is 24.5 Å². The number of aromatic nitrogens is 2. The van der Waals surface area contributed by atoms with E-state index in [-0.39, 0.29) is 5.97 Å². The van der Waals surface area contributed by atoms with E-state index in [2.05, 4.69) is 30.6 Å². The van der Waals surface area contributed by atoms with Gasteiger partial charge in [0.05, 0.1) is 12.1 Å². The van der Waals surface area contributed by atoms with Gasteiger partial charge in [0.2, 0.25) is 0 Å². The molecular weight excluding hydrogens is 312 g/mol. The number of nitrogens with zero attached hydrogens (tertiary/aromatic N) is 2. The lowest BCUT2D eigenvalue weighted by atomic mass is 10.1. The Labute approximate surface area is 151 Å². The molecule has 0 bridgehead atoms. The van der Waals surface area contributed by atoms with Crippen LogP contribution in [0.25, 0.3) is 0 Å². The van der Waals surface area contributed by atoms with E-state index in [4.69, 9.17) is 4.74 Å². The quantitative estimate of drug-likeness (QED) is 0.568. The highest BCUT2D eigenvalue weighted by atomic mass is 16.5. The summed E-state index contributed by atoms with van der Waals surface area (Å²) in [7, 11) is 0. The van der Waals surface area contributed by atoms with Crippen LogP contribution in [0.15, 0.2) is 12.1 Å². The number of carbonyl (C=O) groups excluding carboxylic acids is 1. The Balaban J connectivity index is 2.05. The van der Waals surface area contributed by atoms with Gasteiger partial charge in [0.15, 0.2) is 0 Å². The van der Waals surface area contributed by atoms with E-state index in [1.54, 1.807) is 0 Å². The second-order valence-corrected chi connectivity index (χ2v) is 7.43. The molecule has 0 saturated carbocycles. The van der Waals surface area contributed by atoms with Gasteiger partial charge in [-0.25, -0.2) is 0 Å². The van der Waals surface area contributed by atoms with E-state index < -0.39 is 0 Å². The van der Waals surface area contributed by atoms with Gasteiger partial charge >= 0.3 is 5.97 Å². The Morgan fingerprint density at radius 1 is 1.12 bits per heavy atom. The fraction of sp³-hybridized carbons (Fsp3) is 0.524. The van der Waals surface area contributed by atoms with Crippen molar-refractivity contribution in [3.63, 3.8) is 0 Å². The monoisotopic (exact) mass is 342 g/mol. The zero-order valence-electron chi connectivity index (χ0n) is 16.6. The highest BCUT2D eigenvalue weighted by molar-refractivity contribution is 5.73. The molecule has 1 aromatic heterocycles. The summed E-state index contributed by atoms with van der Waals surface area (Å²) in [6.45, 7) is 15.4. The van der Waals surface area contributed by atoms with Gasteiger partial charge < -0.3 is 4.74 Å². The summed E-state index contributed by atoms with van der Waals surface area (Å²) < 4.78 is 7.69. The van der Waals surface area contributed by atoms with Crippen molar-refractivity contribution in [1.82, 2.24) is 9.78 Å². The van der Waals surface area contributed by atoms with Crippen LogP contribution in [-0.2, 0) is 17.8 Å². The Bertz CT molecular complexity index is 749. The molecule has 4 heteroatoms. The molecule has 0 aliphatic carbocycles. The average Bonchev–Trinajstić information content (AvgIpc) is 2.74. The number of benzene rings is 1. The third kappa shape index (κ3) is 4.71. The molecule has 0 spiro atoms. The maximum Gasteiger partial charge on any atom is 0.311 e. The highest BCUT2D eigenvalue weighted by Gasteiger charge is 2.16. The van der Waals surface area contributed by atoms with E-state index >= 15 is 0 Å². The number of hydrogen-bond acceptors (Lipinski definition) is 3. The summed E-state index contributed by atoms with van der Waals surface area (Å²) in [5.74, 6) is 1.05. The number of hydrogen-bond donors (Lipinski definition) is 0. The lowest BCUT2D eigenvalue weighted by Gasteiger charge is -2.12. The van der Waals surface area contributed by atoms with E-state index in [0.717, 1.165) is 34.6 Å². The minimum absolute atomic E-state index is 0.189. The van der Waals surface area contributed by atoms with Gasteiger partial charge in [-0.1, -0.05) is 31.5 Å². The molecule has 0 fully saturated rings. The summed E-state index contributed by atoms with van der Waals surface area (Å²) in [6.07, 6.45) is 1.03. The molecule has 0 saturated heterocycles. The number of esters is 1. The minimum atomic E-state index is -0.189. The standard InChI is InChI=1S/C21H30N2O2/c1-13(2)12-23-18(7)19(17(6)22-23)8-9-20(24)25-21-15(4)10-14(3)11-16(21)5/h10-11,13H,8-9,12H2,1-7H3. The van der Waals surface area contributed by atoms with Crippen molar-refractivity contribution in [3.8, 4) is 5.75 Å². The topological polar surface area (TPSA) is 44.1 Å². The molecule has 0 atom stereocenters. The van der Waals surface area contributed by atoms with E-state index in [1.165, 1.54) is 5.56 Å². The first-order valence-corrected chi connectivity index (χ1v) is 9.00. The molecule has 2 rings (SSSR count). The van der Waals surface area contributed by atoms with Gasteiger partial charge in [-0.15, -0.1) is 0 Å². The predicted octanol–water partition coefficient (Wildman–Crippen LogP) is 4.62. The van der Waals surface area contributed by atoms with Crippen LogP contribution < -0.4 is 4.74 Å². The molecule has 4 nitrogen and oxygen atoms in total. The van der Waals surface area contributed by atoms with E-state index in [9.17, 15) is 4.79 Å². The zero-order chi connectivity index (χ0) is 18.7. The van der Waals surface area contributed by atoms with Crippen LogP contribution in [0.5, 0.6) is 5.75 Å². The smallest absolute Gasteiger partial charge is 0.311 e. The number of ether oxygens (including phenoxy) is 1. The largest absolute Gasteiger partial charge is 0.426 e. The summed E-state index contributed by atoms with van der Waals surface area (Å²) in [4.78, 5) is 12.3. The van der Waals surface area contributed by atoms with Gasteiger partial charge in [0.1, 0.15) is 5.75 Å². The molecule has 25 heavy (non-hydrogen) atoms. The van der Waals surface area contributed by atoms with Crippen molar-refractivity contribution in [2.75, 3.05) is 0 Å². The van der Waals surface area contributed by atoms with Crippen molar-refractivity contribution in [1.29, 1.82) is 0 Å². The van der Waals surface area contributed by atoms with Crippen molar-refractivity contribution < 1.29 is 9.53 Å². The zero-order valence-corrected chi connectivity index (χ0v) is 16.6. The van der Waals surface area contributed by atoms with Crippen LogP contribution in [0.3, 0.4) is 0 Å². The molecule has 2 aromatic rings. The third-order valence-corrected chi connectivity index (χ3v) is 4.47. The highest BCUT2D eigenvalue weighted by Crippen LogP contribution is 2.25. The Morgan fingerprint density at radius 3 is 2.28 bits per heavy atom. The maximum atomic E-state index is 12.3. The molecule has 136 valence electrons. The summed E-state index contributed by atoms with van der Waals surface area (Å²) >= 11 is 0. The van der Waals surface area contributed by atoms with Crippen LogP contribution in [-0.4, -0.2) is 15.7 Å². The first-order valence-electron chi connectivity index (χ1n) is 9.00. The fourth-order valence-corrected chi connectivity index (χ4v) is 3.34. The number of aryl methyl sites for hydroxylation is 4. The van der Waals surface area contributed by atoms with Crippen LogP contribution in [0.4, 0.5) is 0 Å². The van der Waals surface area contributed by atoms with Crippen LogP contribution in [0.2, 0.25) is 0 Å². The Hall–Kier alpha value is -2.10. The molecule has 0 radical (unpaired) electrons. The van der Waals surface area contributed by atoms with Crippen LogP contribution in [0, 0.1) is 40.5 Å². The molecule has 1 aromatic carbocycles. The minimum Gasteiger partial charge on any atom is -0.426 e. The molecule has 0 amide bonds. The SMILES string of the molecule is Cc1cc(C)c(OC(=O)CCc2c(C)nn(CC(C)C)c2C)c(C)c1. The predicted molar refractivity (Wildman–Crippen MR) is 101 cm³/mol. The van der Waals surface area contributed by atoms with Gasteiger partial charge in [-0.3, -0.25) is 9.48 Å². The molecule has 0 N–H and O–H groups in total. The lowest BCUT2D eigenvalue weighted by molar-refractivity contribution is -0.134. The lowest BCUT2D eigenvalue weighted by Crippen LogP contribution is -2.12. The number of carbonyl (C=O) groups is 1. The normalized spacial score (nSPS) is 11.2. The summed E-state index contributed by atoms with van der Waals surface area (Å²) in [6, 6.07) is 4.08. The van der Waals surface area contributed by atoms with Gasteiger partial charge in [-0.2, -0.15) is 5.10 Å². The van der Waals surface area contributed by atoms with Gasteiger partial charge in [0.25, 0.3) is 0 Å². The summed E-state index contributed by atoms with van der Waals surface area (Å²) in [5, 5.41) is 4.61. The molecule has 0 aliphatic heterocycles. The first-order chi connectivity index (χ1) is 11.7. The second kappa shape index (κ2) is 7.85. The molecule has 0 unspecified atom stereocenters. The Morgan fingerprint density at radius 2 is 1.72 bits per heavy atom. The first kappa shape index (κ1) is 19.2. The maximum absolute atomic E-state index is 12.3. The third-order valence-electron chi connectivity index (χ3n) is 4.47. The van der Waals surface area contributed by atoms with Gasteiger partial charge in [0, 0.05) is 12.2 Å². The van der Waals surface area contributed by atoms with Crippen molar-refractivity contribution in [2.45, 2.75) is 67.9 Å². The second-order valence-electron chi connectivity index (χ2n) is 7.43. The van der Waals surface area contributed by atoms with Crippen LogP contribution >= 0.6 is 0 Å². The van der Waals surface area contributed by atoms with E-state index in [1.807, 2.05) is 39.8 Å². The van der Waals surface area contributed by atoms with Crippen LogP contribution in [0.1, 0.15) is 53.9 Å². The molecule has 1 heterocycles. The average molecular weight is 342 g/mol. The van der Waals surface area contributed by atoms with Crippen molar-refractivity contribution in [2.24, 2.45) is 5.92 Å². The number of rotatable bonds is 6. The molecule has 0 aliphatic rings. The summed E-state index contributed by atoms with van der Waals surface area (Å²) in [5.41, 5.74) is 6.51. The van der Waals surface area contributed by atoms with Crippen molar-refractivity contribution in [3.05, 3.63) is 45.8 Å². The van der Waals surface area contributed by atoms with Gasteiger partial charge in [-0.05, 0) is 63.6 Å². The molecular formula is C21H30N2O2. The fourth-order valence-electron chi connectivity index (χ4n) is 3.34. The Kier molecular flexibility index (Phi) is 6.04. The van der Waals surface area contributed by atoms with Crippen molar-refractivity contribution >= 4 is 5.97 Å².